The molecule has 0 aromatic heterocycles. The molecule has 1 amide bonds. The van der Waals surface area contributed by atoms with Crippen molar-refractivity contribution in [3.05, 3.63) is 35.9 Å². The van der Waals surface area contributed by atoms with E-state index in [1.807, 2.05) is 30.3 Å². The number of alkyl halides is 1. The minimum absolute atomic E-state index is 0.159. The minimum Gasteiger partial charge on any atom is -0.464 e. The van der Waals surface area contributed by atoms with Crippen molar-refractivity contribution in [2.45, 2.75) is 32.9 Å². The number of ether oxygens (including phenoxy) is 2. The molecule has 0 bridgehead atoms. The van der Waals surface area contributed by atoms with Crippen molar-refractivity contribution in [3.63, 3.8) is 0 Å². The smallest absolute Gasteiger partial charge is 0.410 e. The number of benzene rings is 1. The first-order valence-electron chi connectivity index (χ1n) is 7.30. The van der Waals surface area contributed by atoms with Crippen LogP contribution in [0.3, 0.4) is 0 Å². The number of rotatable bonds is 8. The van der Waals surface area contributed by atoms with E-state index in [1.165, 1.54) is 4.90 Å². The molecule has 0 heterocycles. The topological polar surface area (TPSA) is 55.8 Å². The van der Waals surface area contributed by atoms with Crippen LogP contribution < -0.4 is 0 Å². The van der Waals surface area contributed by atoms with Crippen LogP contribution in [0.1, 0.15) is 25.8 Å². The third-order valence-electron chi connectivity index (χ3n) is 3.07. The van der Waals surface area contributed by atoms with Gasteiger partial charge < -0.3 is 9.47 Å². The highest BCUT2D eigenvalue weighted by atomic mass is 35.5. The minimum atomic E-state index is -0.702. The third-order valence-corrected chi connectivity index (χ3v) is 3.33. The average Bonchev–Trinajstić information content (AvgIpc) is 2.54. The first kappa shape index (κ1) is 18.3. The molecule has 0 spiro atoms. The normalized spacial score (nSPS) is 11.6. The van der Waals surface area contributed by atoms with E-state index >= 15 is 0 Å². The van der Waals surface area contributed by atoms with Crippen molar-refractivity contribution in [2.24, 2.45) is 0 Å². The highest BCUT2D eigenvalue weighted by molar-refractivity contribution is 6.17. The zero-order chi connectivity index (χ0) is 16.4. The molecule has 1 aromatic carbocycles. The molecule has 0 fully saturated rings. The molecule has 0 N–H and O–H groups in total. The fraction of sp³-hybridized carbons (Fsp3) is 0.500. The number of carbonyl (C=O) groups is 2. The second-order valence-electron chi connectivity index (χ2n) is 4.70. The molecule has 5 nitrogen and oxygen atoms in total. The van der Waals surface area contributed by atoms with E-state index in [0.29, 0.717) is 18.8 Å². The Kier molecular flexibility index (Phi) is 8.36. The Balaban J connectivity index is 2.64. The van der Waals surface area contributed by atoms with Gasteiger partial charge in [0.1, 0.15) is 12.6 Å². The quantitative estimate of drug-likeness (QED) is 0.543. The van der Waals surface area contributed by atoms with E-state index < -0.39 is 18.1 Å². The molecule has 1 rings (SSSR count). The maximum absolute atomic E-state index is 12.2. The molecule has 0 aliphatic heterocycles. The van der Waals surface area contributed by atoms with Crippen molar-refractivity contribution < 1.29 is 19.1 Å². The molecule has 0 aliphatic rings. The molecular weight excluding hydrogens is 306 g/mol. The molecule has 0 aliphatic carbocycles. The van der Waals surface area contributed by atoms with Crippen LogP contribution in [-0.4, -0.2) is 42.0 Å². The Morgan fingerprint density at radius 2 is 1.91 bits per heavy atom. The number of hydrogen-bond donors (Lipinski definition) is 0. The fourth-order valence-electron chi connectivity index (χ4n) is 1.87. The van der Waals surface area contributed by atoms with Crippen LogP contribution in [-0.2, 0) is 20.9 Å². The van der Waals surface area contributed by atoms with E-state index in [1.54, 1.807) is 13.8 Å². The Hall–Kier alpha value is -1.75. The van der Waals surface area contributed by atoms with Crippen LogP contribution >= 0.6 is 11.6 Å². The predicted molar refractivity (Wildman–Crippen MR) is 84.8 cm³/mol. The fourth-order valence-corrected chi connectivity index (χ4v) is 1.98. The zero-order valence-corrected chi connectivity index (χ0v) is 13.7. The molecule has 122 valence electrons. The van der Waals surface area contributed by atoms with Gasteiger partial charge in [-0.15, -0.1) is 11.6 Å². The first-order valence-corrected chi connectivity index (χ1v) is 7.83. The van der Waals surface area contributed by atoms with Gasteiger partial charge >= 0.3 is 12.1 Å². The summed E-state index contributed by atoms with van der Waals surface area (Å²) in [4.78, 5) is 25.4. The Morgan fingerprint density at radius 1 is 1.23 bits per heavy atom. The van der Waals surface area contributed by atoms with Gasteiger partial charge in [-0.3, -0.25) is 4.90 Å². The number of amides is 1. The zero-order valence-electron chi connectivity index (χ0n) is 13.0. The van der Waals surface area contributed by atoms with Gasteiger partial charge in [-0.05, 0) is 25.8 Å². The first-order chi connectivity index (χ1) is 10.6. The van der Waals surface area contributed by atoms with Gasteiger partial charge in [0.25, 0.3) is 0 Å². The maximum Gasteiger partial charge on any atom is 0.410 e. The van der Waals surface area contributed by atoms with Crippen molar-refractivity contribution in [1.29, 1.82) is 0 Å². The number of esters is 1. The summed E-state index contributed by atoms with van der Waals surface area (Å²) >= 11 is 5.67. The van der Waals surface area contributed by atoms with Gasteiger partial charge in [-0.1, -0.05) is 30.3 Å². The summed E-state index contributed by atoms with van der Waals surface area (Å²) in [6, 6.07) is 8.66. The standard InChI is InChI=1S/C16H22ClNO4/c1-3-21-15(19)13(2)18(11-7-10-17)16(20)22-12-14-8-5-4-6-9-14/h4-6,8-9,13H,3,7,10-12H2,1-2H3. The third kappa shape index (κ3) is 5.93. The Bertz CT molecular complexity index is 466. The highest BCUT2D eigenvalue weighted by Crippen LogP contribution is 2.09. The number of hydrogen-bond acceptors (Lipinski definition) is 4. The van der Waals surface area contributed by atoms with Gasteiger partial charge in [0.2, 0.25) is 0 Å². The summed E-state index contributed by atoms with van der Waals surface area (Å²) in [6.45, 7) is 4.12. The van der Waals surface area contributed by atoms with E-state index in [-0.39, 0.29) is 13.2 Å². The lowest BCUT2D eigenvalue weighted by Crippen LogP contribution is -2.45. The lowest BCUT2D eigenvalue weighted by Gasteiger charge is -2.26. The summed E-state index contributed by atoms with van der Waals surface area (Å²) < 4.78 is 10.2. The monoisotopic (exact) mass is 327 g/mol. The molecule has 0 saturated carbocycles. The van der Waals surface area contributed by atoms with Crippen molar-refractivity contribution >= 4 is 23.7 Å². The summed E-state index contributed by atoms with van der Waals surface area (Å²) in [6.07, 6.45) is 0.0284. The van der Waals surface area contributed by atoms with Crippen LogP contribution in [0.25, 0.3) is 0 Å². The number of halogens is 1. The Morgan fingerprint density at radius 3 is 2.50 bits per heavy atom. The molecule has 0 saturated heterocycles. The molecule has 6 heteroatoms. The highest BCUT2D eigenvalue weighted by Gasteiger charge is 2.27. The number of nitrogens with zero attached hydrogens (tertiary/aromatic N) is 1. The lowest BCUT2D eigenvalue weighted by molar-refractivity contribution is -0.148. The largest absolute Gasteiger partial charge is 0.464 e. The Labute approximate surface area is 136 Å². The van der Waals surface area contributed by atoms with E-state index in [4.69, 9.17) is 21.1 Å². The van der Waals surface area contributed by atoms with Gasteiger partial charge in [-0.25, -0.2) is 9.59 Å². The van der Waals surface area contributed by atoms with Crippen molar-refractivity contribution in [2.75, 3.05) is 19.0 Å². The lowest BCUT2D eigenvalue weighted by atomic mass is 10.2. The van der Waals surface area contributed by atoms with E-state index in [0.717, 1.165) is 5.56 Å². The maximum atomic E-state index is 12.2. The van der Waals surface area contributed by atoms with Gasteiger partial charge in [0, 0.05) is 12.4 Å². The molecule has 1 atom stereocenters. The SMILES string of the molecule is CCOC(=O)C(C)N(CCCCl)C(=O)OCc1ccccc1. The van der Waals surface area contributed by atoms with E-state index in [9.17, 15) is 9.59 Å². The molecule has 1 aromatic rings. The van der Waals surface area contributed by atoms with Crippen LogP contribution in [0.4, 0.5) is 4.79 Å². The van der Waals surface area contributed by atoms with Gasteiger partial charge in [0.15, 0.2) is 0 Å². The van der Waals surface area contributed by atoms with Crippen LogP contribution in [0.15, 0.2) is 30.3 Å². The van der Waals surface area contributed by atoms with Crippen molar-refractivity contribution in [1.82, 2.24) is 4.90 Å². The summed E-state index contributed by atoms with van der Waals surface area (Å²) in [5, 5.41) is 0. The predicted octanol–water partition coefficient (Wildman–Crippen LogP) is 3.21. The molecule has 1 unspecified atom stereocenters. The summed E-state index contributed by atoms with van der Waals surface area (Å²) in [7, 11) is 0. The van der Waals surface area contributed by atoms with Crippen LogP contribution in [0, 0.1) is 0 Å². The number of carbonyl (C=O) groups excluding carboxylic acids is 2. The second-order valence-corrected chi connectivity index (χ2v) is 5.08. The molecular formula is C16H22ClNO4. The van der Waals surface area contributed by atoms with Gasteiger partial charge in [-0.2, -0.15) is 0 Å². The molecule has 22 heavy (non-hydrogen) atoms. The molecule has 0 radical (unpaired) electrons. The van der Waals surface area contributed by atoms with E-state index in [2.05, 4.69) is 0 Å². The summed E-state index contributed by atoms with van der Waals surface area (Å²) in [5.74, 6) is -0.0494. The van der Waals surface area contributed by atoms with Crippen LogP contribution in [0.2, 0.25) is 0 Å². The van der Waals surface area contributed by atoms with Gasteiger partial charge in [0.05, 0.1) is 6.61 Å². The summed E-state index contributed by atoms with van der Waals surface area (Å²) in [5.41, 5.74) is 0.886. The average molecular weight is 328 g/mol. The second kappa shape index (κ2) is 10.1. The van der Waals surface area contributed by atoms with Crippen LogP contribution in [0.5, 0.6) is 0 Å². The van der Waals surface area contributed by atoms with Crippen molar-refractivity contribution in [3.8, 4) is 0 Å².